The van der Waals surface area contributed by atoms with Crippen molar-refractivity contribution in [2.75, 3.05) is 7.11 Å². The maximum absolute atomic E-state index is 11.2. The molecule has 2 aliphatic rings. The van der Waals surface area contributed by atoms with Gasteiger partial charge >= 0.3 is 12.1 Å². The first-order valence-electron chi connectivity index (χ1n) is 4.45. The fourth-order valence-corrected chi connectivity index (χ4v) is 1.72. The molecular formula is C9H11NO4. The van der Waals surface area contributed by atoms with Gasteiger partial charge in [0.25, 0.3) is 0 Å². The number of methoxy groups -OCH3 is 1. The van der Waals surface area contributed by atoms with Crippen molar-refractivity contribution < 1.29 is 19.1 Å². The van der Waals surface area contributed by atoms with E-state index >= 15 is 0 Å². The lowest BCUT2D eigenvalue weighted by Gasteiger charge is -2.36. The van der Waals surface area contributed by atoms with Crippen LogP contribution in [0.3, 0.4) is 0 Å². The molecule has 1 amide bonds. The van der Waals surface area contributed by atoms with Gasteiger partial charge in [-0.2, -0.15) is 0 Å². The lowest BCUT2D eigenvalue weighted by atomic mass is 9.95. The number of carbonyl (C=O) groups is 2. The van der Waals surface area contributed by atoms with Gasteiger partial charge in [-0.05, 0) is 5.92 Å². The fraction of sp³-hybridized carbons (Fsp3) is 0.556. The summed E-state index contributed by atoms with van der Waals surface area (Å²) in [4.78, 5) is 23.6. The molecule has 2 aliphatic heterocycles. The Morgan fingerprint density at radius 3 is 3.21 bits per heavy atom. The number of hydrogen-bond donors (Lipinski definition) is 0. The van der Waals surface area contributed by atoms with Crippen molar-refractivity contribution in [3.63, 3.8) is 0 Å². The molecule has 76 valence electrons. The Bertz CT molecular complexity index is 299. The number of ether oxygens (including phenoxy) is 2. The highest BCUT2D eigenvalue weighted by molar-refractivity contribution is 5.74. The number of nitrogens with zero attached hydrogens (tertiary/aromatic N) is 1. The number of rotatable bonds is 0. The van der Waals surface area contributed by atoms with E-state index in [1.54, 1.807) is 6.20 Å². The smallest absolute Gasteiger partial charge is 0.416 e. The molecule has 0 spiro atoms. The van der Waals surface area contributed by atoms with E-state index in [1.165, 1.54) is 12.0 Å². The van der Waals surface area contributed by atoms with Crippen LogP contribution in [0.4, 0.5) is 4.79 Å². The Balaban J connectivity index is 2.17. The molecule has 5 heteroatoms. The van der Waals surface area contributed by atoms with Crippen LogP contribution in [0.25, 0.3) is 0 Å². The monoisotopic (exact) mass is 197 g/mol. The molecule has 0 radical (unpaired) electrons. The molecule has 1 saturated heterocycles. The van der Waals surface area contributed by atoms with Gasteiger partial charge in [-0.15, -0.1) is 0 Å². The van der Waals surface area contributed by atoms with Crippen LogP contribution in [0.1, 0.15) is 12.8 Å². The molecule has 0 aromatic heterocycles. The Morgan fingerprint density at radius 1 is 1.71 bits per heavy atom. The van der Waals surface area contributed by atoms with E-state index in [0.717, 1.165) is 0 Å². The third-order valence-electron chi connectivity index (χ3n) is 2.42. The summed E-state index contributed by atoms with van der Waals surface area (Å²) in [5, 5.41) is 0. The van der Waals surface area contributed by atoms with Crippen molar-refractivity contribution in [3.8, 4) is 0 Å². The third kappa shape index (κ3) is 1.45. The van der Waals surface area contributed by atoms with E-state index < -0.39 is 12.3 Å². The second-order valence-corrected chi connectivity index (χ2v) is 3.36. The van der Waals surface area contributed by atoms with Crippen LogP contribution in [-0.4, -0.2) is 30.3 Å². The Labute approximate surface area is 81.3 Å². The lowest BCUT2D eigenvalue weighted by Crippen LogP contribution is -2.46. The average Bonchev–Trinajstić information content (AvgIpc) is 2.16. The largest absolute Gasteiger partial charge is 0.452 e. The SMILES string of the molecule is COC(=O)N1C=CC2CC(=O)OC1C2. The fourth-order valence-electron chi connectivity index (χ4n) is 1.72. The van der Waals surface area contributed by atoms with Gasteiger partial charge in [-0.25, -0.2) is 9.69 Å². The molecule has 0 aromatic rings. The van der Waals surface area contributed by atoms with Crippen LogP contribution in [0.2, 0.25) is 0 Å². The number of fused-ring (bicyclic) bond motifs is 2. The first-order chi connectivity index (χ1) is 6.70. The predicted octanol–water partition coefficient (Wildman–Crippen LogP) is 0.861. The molecule has 0 saturated carbocycles. The molecule has 2 rings (SSSR count). The molecule has 5 nitrogen and oxygen atoms in total. The normalized spacial score (nSPS) is 29.8. The Hall–Kier alpha value is -1.52. The molecule has 14 heavy (non-hydrogen) atoms. The van der Waals surface area contributed by atoms with Crippen molar-refractivity contribution >= 4 is 12.1 Å². The third-order valence-corrected chi connectivity index (χ3v) is 2.42. The molecule has 0 aliphatic carbocycles. The van der Waals surface area contributed by atoms with Gasteiger partial charge in [0.05, 0.1) is 13.5 Å². The summed E-state index contributed by atoms with van der Waals surface area (Å²) >= 11 is 0. The van der Waals surface area contributed by atoms with Gasteiger partial charge in [-0.1, -0.05) is 6.08 Å². The molecular weight excluding hydrogens is 186 g/mol. The van der Waals surface area contributed by atoms with Crippen LogP contribution in [-0.2, 0) is 14.3 Å². The molecule has 2 heterocycles. The topological polar surface area (TPSA) is 55.8 Å². The summed E-state index contributed by atoms with van der Waals surface area (Å²) in [5.41, 5.74) is 0. The van der Waals surface area contributed by atoms with Gasteiger partial charge in [0.2, 0.25) is 0 Å². The van der Waals surface area contributed by atoms with Crippen molar-refractivity contribution in [1.29, 1.82) is 0 Å². The maximum Gasteiger partial charge on any atom is 0.416 e. The van der Waals surface area contributed by atoms with Gasteiger partial charge in [0.1, 0.15) is 0 Å². The van der Waals surface area contributed by atoms with Crippen molar-refractivity contribution in [2.24, 2.45) is 5.92 Å². The molecule has 1 fully saturated rings. The number of allylic oxidation sites excluding steroid dienone is 1. The van der Waals surface area contributed by atoms with E-state index in [2.05, 4.69) is 4.74 Å². The molecule has 0 aromatic carbocycles. The minimum Gasteiger partial charge on any atom is -0.452 e. The van der Waals surface area contributed by atoms with Crippen LogP contribution in [0, 0.1) is 5.92 Å². The second-order valence-electron chi connectivity index (χ2n) is 3.36. The van der Waals surface area contributed by atoms with Crippen molar-refractivity contribution in [2.45, 2.75) is 19.1 Å². The Kier molecular flexibility index (Phi) is 2.15. The highest BCUT2D eigenvalue weighted by Crippen LogP contribution is 2.29. The molecule has 2 unspecified atom stereocenters. The first-order valence-corrected chi connectivity index (χ1v) is 4.45. The van der Waals surface area contributed by atoms with E-state index in [4.69, 9.17) is 4.74 Å². The van der Waals surface area contributed by atoms with Gasteiger partial charge in [0.15, 0.2) is 6.23 Å². The number of carbonyl (C=O) groups excluding carboxylic acids is 2. The van der Waals surface area contributed by atoms with Crippen molar-refractivity contribution in [3.05, 3.63) is 12.3 Å². The molecule has 0 N–H and O–H groups in total. The van der Waals surface area contributed by atoms with Gasteiger partial charge < -0.3 is 9.47 Å². The zero-order chi connectivity index (χ0) is 10.1. The van der Waals surface area contributed by atoms with E-state index in [9.17, 15) is 9.59 Å². The summed E-state index contributed by atoms with van der Waals surface area (Å²) < 4.78 is 9.59. The maximum atomic E-state index is 11.2. The standard InChI is InChI=1S/C9H11NO4/c1-13-9(12)10-3-2-6-4-7(10)14-8(11)5-6/h2-3,6-7H,4-5H2,1H3. The zero-order valence-electron chi connectivity index (χ0n) is 7.80. The van der Waals surface area contributed by atoms with Crippen LogP contribution >= 0.6 is 0 Å². The van der Waals surface area contributed by atoms with E-state index in [1.807, 2.05) is 6.08 Å². The molecule has 2 atom stereocenters. The van der Waals surface area contributed by atoms with Crippen molar-refractivity contribution in [1.82, 2.24) is 4.90 Å². The summed E-state index contributed by atoms with van der Waals surface area (Å²) in [5.74, 6) is -0.0633. The highest BCUT2D eigenvalue weighted by atomic mass is 16.6. The zero-order valence-corrected chi connectivity index (χ0v) is 7.80. The van der Waals surface area contributed by atoms with E-state index in [-0.39, 0.29) is 11.9 Å². The number of amides is 1. The van der Waals surface area contributed by atoms with Gasteiger partial charge in [0, 0.05) is 12.6 Å². The van der Waals surface area contributed by atoms with E-state index in [0.29, 0.717) is 12.8 Å². The molecule has 2 bridgehead atoms. The number of esters is 1. The van der Waals surface area contributed by atoms with Crippen LogP contribution in [0.5, 0.6) is 0 Å². The first kappa shape index (κ1) is 9.05. The lowest BCUT2D eigenvalue weighted by molar-refractivity contribution is -0.165. The summed E-state index contributed by atoms with van der Waals surface area (Å²) in [7, 11) is 1.30. The predicted molar refractivity (Wildman–Crippen MR) is 46.0 cm³/mol. The minimum atomic E-state index is -0.501. The minimum absolute atomic E-state index is 0.196. The van der Waals surface area contributed by atoms with Gasteiger partial charge in [-0.3, -0.25) is 4.79 Å². The number of hydrogen-bond acceptors (Lipinski definition) is 4. The summed E-state index contributed by atoms with van der Waals surface area (Å²) in [6.45, 7) is 0. The summed E-state index contributed by atoms with van der Waals surface area (Å²) in [6.07, 6.45) is 3.54. The second kappa shape index (κ2) is 3.32. The highest BCUT2D eigenvalue weighted by Gasteiger charge is 2.36. The van der Waals surface area contributed by atoms with Crippen LogP contribution < -0.4 is 0 Å². The quantitative estimate of drug-likeness (QED) is 0.540. The average molecular weight is 197 g/mol. The summed E-state index contributed by atoms with van der Waals surface area (Å²) in [6, 6.07) is 0. The van der Waals surface area contributed by atoms with Crippen LogP contribution in [0.15, 0.2) is 12.3 Å². The Morgan fingerprint density at radius 2 is 2.50 bits per heavy atom.